The molecule has 1 fully saturated rings. The fraction of sp³-hybridized carbons (Fsp3) is 0.263. The van der Waals surface area contributed by atoms with Crippen molar-refractivity contribution in [3.63, 3.8) is 0 Å². The number of aromatic nitrogens is 2. The number of ether oxygens (including phenoxy) is 1. The zero-order chi connectivity index (χ0) is 16.5. The van der Waals surface area contributed by atoms with Gasteiger partial charge in [0.2, 0.25) is 5.95 Å². The van der Waals surface area contributed by atoms with E-state index in [1.807, 2.05) is 43.3 Å². The highest BCUT2D eigenvalue weighted by atomic mass is 16.5. The summed E-state index contributed by atoms with van der Waals surface area (Å²) < 4.78 is 5.43. The summed E-state index contributed by atoms with van der Waals surface area (Å²) in [7, 11) is 1.66. The molecule has 4 rings (SSSR count). The Morgan fingerprint density at radius 1 is 1.08 bits per heavy atom. The third-order valence-corrected chi connectivity index (χ3v) is 4.12. The number of nitrogens with zero attached hydrogens (tertiary/aromatic N) is 2. The standard InChI is InChI=1S/C19H20N4O/c1-12-7-10-17(24-2)16(11-12)22-19-21-15-6-4-3-5-14(15)18(23-19)20-13-8-9-13/h3-7,10-11,13H,8-9H2,1-2H3,(H2,20,21,22,23). The Balaban J connectivity index is 1.75. The lowest BCUT2D eigenvalue weighted by atomic mass is 10.2. The Morgan fingerprint density at radius 2 is 1.92 bits per heavy atom. The first-order valence-electron chi connectivity index (χ1n) is 8.18. The molecule has 0 saturated heterocycles. The van der Waals surface area contributed by atoms with E-state index in [0.29, 0.717) is 12.0 Å². The van der Waals surface area contributed by atoms with Gasteiger partial charge in [0.1, 0.15) is 11.6 Å². The van der Waals surface area contributed by atoms with Crippen LogP contribution in [0.15, 0.2) is 42.5 Å². The lowest BCUT2D eigenvalue weighted by Crippen LogP contribution is -2.07. The fourth-order valence-electron chi connectivity index (χ4n) is 2.70. The van der Waals surface area contributed by atoms with E-state index in [9.17, 15) is 0 Å². The zero-order valence-corrected chi connectivity index (χ0v) is 13.8. The maximum atomic E-state index is 5.43. The molecule has 5 nitrogen and oxygen atoms in total. The Labute approximate surface area is 141 Å². The van der Waals surface area contributed by atoms with E-state index in [0.717, 1.165) is 33.7 Å². The molecule has 24 heavy (non-hydrogen) atoms. The summed E-state index contributed by atoms with van der Waals surface area (Å²) in [5.74, 6) is 2.23. The van der Waals surface area contributed by atoms with Crippen LogP contribution >= 0.6 is 0 Å². The first-order valence-corrected chi connectivity index (χ1v) is 8.18. The van der Waals surface area contributed by atoms with Gasteiger partial charge in [-0.3, -0.25) is 0 Å². The second-order valence-electron chi connectivity index (χ2n) is 6.16. The van der Waals surface area contributed by atoms with Crippen LogP contribution in [0.25, 0.3) is 10.9 Å². The number of nitrogens with one attached hydrogen (secondary N) is 2. The molecule has 0 spiro atoms. The molecule has 0 unspecified atom stereocenters. The van der Waals surface area contributed by atoms with Crippen molar-refractivity contribution in [2.45, 2.75) is 25.8 Å². The minimum Gasteiger partial charge on any atom is -0.495 e. The van der Waals surface area contributed by atoms with Gasteiger partial charge in [0.05, 0.1) is 18.3 Å². The number of para-hydroxylation sites is 1. The van der Waals surface area contributed by atoms with Crippen molar-refractivity contribution in [2.24, 2.45) is 0 Å². The highest BCUT2D eigenvalue weighted by molar-refractivity contribution is 5.90. The van der Waals surface area contributed by atoms with Gasteiger partial charge in [-0.25, -0.2) is 4.98 Å². The van der Waals surface area contributed by atoms with Crippen LogP contribution in [0.5, 0.6) is 5.75 Å². The monoisotopic (exact) mass is 320 g/mol. The van der Waals surface area contributed by atoms with Crippen LogP contribution in [0.4, 0.5) is 17.5 Å². The Morgan fingerprint density at radius 3 is 2.71 bits per heavy atom. The molecule has 2 aromatic carbocycles. The number of hydrogen-bond donors (Lipinski definition) is 2. The molecule has 1 aliphatic carbocycles. The van der Waals surface area contributed by atoms with Crippen LogP contribution in [0.3, 0.4) is 0 Å². The van der Waals surface area contributed by atoms with Crippen LogP contribution < -0.4 is 15.4 Å². The molecule has 0 bridgehead atoms. The molecule has 0 radical (unpaired) electrons. The van der Waals surface area contributed by atoms with Crippen LogP contribution in [0.2, 0.25) is 0 Å². The highest BCUT2D eigenvalue weighted by Crippen LogP contribution is 2.31. The predicted molar refractivity (Wildman–Crippen MR) is 97.2 cm³/mol. The Kier molecular flexibility index (Phi) is 3.69. The van der Waals surface area contributed by atoms with Gasteiger partial charge in [0.15, 0.2) is 0 Å². The van der Waals surface area contributed by atoms with Gasteiger partial charge in [0.25, 0.3) is 0 Å². The molecule has 1 heterocycles. The Hall–Kier alpha value is -2.82. The number of rotatable bonds is 5. The van der Waals surface area contributed by atoms with Gasteiger partial charge >= 0.3 is 0 Å². The summed E-state index contributed by atoms with van der Waals surface area (Å²) >= 11 is 0. The minimum atomic E-state index is 0.532. The summed E-state index contributed by atoms with van der Waals surface area (Å²) in [5.41, 5.74) is 2.94. The maximum Gasteiger partial charge on any atom is 0.229 e. The molecule has 2 N–H and O–H groups in total. The van der Waals surface area contributed by atoms with Gasteiger partial charge in [-0.05, 0) is 49.6 Å². The molecule has 122 valence electrons. The van der Waals surface area contributed by atoms with Crippen LogP contribution in [0.1, 0.15) is 18.4 Å². The van der Waals surface area contributed by atoms with Gasteiger partial charge in [-0.15, -0.1) is 0 Å². The van der Waals surface area contributed by atoms with Crippen molar-refractivity contribution in [1.29, 1.82) is 0 Å². The van der Waals surface area contributed by atoms with Gasteiger partial charge < -0.3 is 15.4 Å². The summed E-state index contributed by atoms with van der Waals surface area (Å²) in [4.78, 5) is 9.34. The molecule has 1 saturated carbocycles. The molecule has 5 heteroatoms. The second-order valence-corrected chi connectivity index (χ2v) is 6.16. The van der Waals surface area contributed by atoms with E-state index >= 15 is 0 Å². The molecular formula is C19H20N4O. The number of aryl methyl sites for hydroxylation is 1. The molecule has 0 atom stereocenters. The topological polar surface area (TPSA) is 59.1 Å². The summed E-state index contributed by atoms with van der Waals surface area (Å²) in [5, 5.41) is 7.85. The molecule has 0 aliphatic heterocycles. The average molecular weight is 320 g/mol. The smallest absolute Gasteiger partial charge is 0.229 e. The van der Waals surface area contributed by atoms with Crippen LogP contribution in [0, 0.1) is 6.92 Å². The van der Waals surface area contributed by atoms with E-state index in [-0.39, 0.29) is 0 Å². The summed E-state index contributed by atoms with van der Waals surface area (Å²) in [6.07, 6.45) is 2.40. The molecular weight excluding hydrogens is 300 g/mol. The van der Waals surface area contributed by atoms with Crippen molar-refractivity contribution in [2.75, 3.05) is 17.7 Å². The van der Waals surface area contributed by atoms with Crippen molar-refractivity contribution >= 4 is 28.4 Å². The quantitative estimate of drug-likeness (QED) is 0.735. The number of fused-ring (bicyclic) bond motifs is 1. The average Bonchev–Trinajstić information content (AvgIpc) is 3.39. The van der Waals surface area contributed by atoms with E-state index in [4.69, 9.17) is 9.72 Å². The van der Waals surface area contributed by atoms with E-state index in [1.54, 1.807) is 7.11 Å². The van der Waals surface area contributed by atoms with Crippen LogP contribution in [-0.2, 0) is 0 Å². The summed E-state index contributed by atoms with van der Waals surface area (Å²) in [6, 6.07) is 14.6. The van der Waals surface area contributed by atoms with E-state index in [1.165, 1.54) is 12.8 Å². The zero-order valence-electron chi connectivity index (χ0n) is 13.8. The number of anilines is 3. The first-order chi connectivity index (χ1) is 11.7. The highest BCUT2D eigenvalue weighted by Gasteiger charge is 2.22. The molecule has 0 amide bonds. The first kappa shape index (κ1) is 14.8. The lowest BCUT2D eigenvalue weighted by Gasteiger charge is -2.13. The number of benzene rings is 2. The maximum absolute atomic E-state index is 5.43. The van der Waals surface area contributed by atoms with Crippen molar-refractivity contribution < 1.29 is 4.74 Å². The van der Waals surface area contributed by atoms with Crippen molar-refractivity contribution in [3.8, 4) is 5.75 Å². The number of methoxy groups -OCH3 is 1. The third-order valence-electron chi connectivity index (χ3n) is 4.12. The third kappa shape index (κ3) is 2.97. The van der Waals surface area contributed by atoms with E-state index in [2.05, 4.69) is 21.7 Å². The second kappa shape index (κ2) is 6.00. The van der Waals surface area contributed by atoms with Gasteiger partial charge in [-0.2, -0.15) is 4.98 Å². The van der Waals surface area contributed by atoms with Crippen LogP contribution in [-0.4, -0.2) is 23.1 Å². The molecule has 1 aliphatic rings. The normalized spacial score (nSPS) is 13.8. The van der Waals surface area contributed by atoms with Gasteiger partial charge in [0, 0.05) is 11.4 Å². The van der Waals surface area contributed by atoms with E-state index < -0.39 is 0 Å². The largest absolute Gasteiger partial charge is 0.495 e. The molecule has 3 aromatic rings. The number of hydrogen-bond acceptors (Lipinski definition) is 5. The predicted octanol–water partition coefficient (Wildman–Crippen LogP) is 4.26. The minimum absolute atomic E-state index is 0.532. The van der Waals surface area contributed by atoms with Gasteiger partial charge in [-0.1, -0.05) is 18.2 Å². The summed E-state index contributed by atoms with van der Waals surface area (Å²) in [6.45, 7) is 2.05. The fourth-order valence-corrected chi connectivity index (χ4v) is 2.70. The Bertz CT molecular complexity index is 890. The molecule has 1 aromatic heterocycles. The SMILES string of the molecule is COc1ccc(C)cc1Nc1nc(NC2CC2)c2ccccc2n1. The lowest BCUT2D eigenvalue weighted by molar-refractivity contribution is 0.416. The van der Waals surface area contributed by atoms with Crippen molar-refractivity contribution in [3.05, 3.63) is 48.0 Å². The van der Waals surface area contributed by atoms with Crippen molar-refractivity contribution in [1.82, 2.24) is 9.97 Å².